The van der Waals surface area contributed by atoms with Gasteiger partial charge in [0.05, 0.1) is 33.2 Å². The van der Waals surface area contributed by atoms with E-state index in [1.165, 1.54) is 12.0 Å². The SMILES string of the molecule is CCN1C(=O)[C@H]2[C@@H](c3ccc(-c4ccc(OC)cc4)c(OC)c3)N[C@@](CC(C)C)(C(=O)OC)[C@H]2C1=O.O=C(O)C(F)(F)F. The van der Waals surface area contributed by atoms with Crippen molar-refractivity contribution in [2.45, 2.75) is 44.9 Å². The fraction of sp³-hybridized carbons (Fsp3) is 0.467. The lowest BCUT2D eigenvalue weighted by molar-refractivity contribution is -0.192. The van der Waals surface area contributed by atoms with Gasteiger partial charge in [-0.15, -0.1) is 0 Å². The Hall–Kier alpha value is -4.13. The molecule has 2 fully saturated rings. The third kappa shape index (κ3) is 6.46. The summed E-state index contributed by atoms with van der Waals surface area (Å²) in [5.41, 5.74) is 1.30. The van der Waals surface area contributed by atoms with Crippen molar-refractivity contribution in [2.24, 2.45) is 17.8 Å². The van der Waals surface area contributed by atoms with Crippen molar-refractivity contribution >= 4 is 23.8 Å². The van der Waals surface area contributed by atoms with Crippen LogP contribution in [0.5, 0.6) is 11.5 Å². The molecule has 0 aromatic heterocycles. The Kier molecular flexibility index (Phi) is 10.1. The lowest BCUT2D eigenvalue weighted by atomic mass is 9.75. The number of halogens is 3. The number of fused-ring (bicyclic) bond motifs is 1. The molecule has 2 aromatic rings. The topological polar surface area (TPSA) is 131 Å². The van der Waals surface area contributed by atoms with Gasteiger partial charge in [0.2, 0.25) is 11.8 Å². The second kappa shape index (κ2) is 13.0. The molecule has 0 saturated carbocycles. The number of alkyl halides is 3. The van der Waals surface area contributed by atoms with E-state index < -0.39 is 41.5 Å². The predicted octanol–water partition coefficient (Wildman–Crippen LogP) is 4.23. The molecule has 4 atom stereocenters. The van der Waals surface area contributed by atoms with Crippen LogP contribution in [-0.4, -0.2) is 73.3 Å². The van der Waals surface area contributed by atoms with Crippen LogP contribution in [0.2, 0.25) is 0 Å². The molecule has 0 spiro atoms. The van der Waals surface area contributed by atoms with Gasteiger partial charge in [0.15, 0.2) is 0 Å². The second-order valence-corrected chi connectivity index (χ2v) is 10.6. The first-order valence-electron chi connectivity index (χ1n) is 13.5. The van der Waals surface area contributed by atoms with Crippen molar-refractivity contribution in [3.63, 3.8) is 0 Å². The highest BCUT2D eigenvalue weighted by atomic mass is 19.4. The zero-order chi connectivity index (χ0) is 32.3. The summed E-state index contributed by atoms with van der Waals surface area (Å²) in [6.45, 7) is 6.00. The second-order valence-electron chi connectivity index (χ2n) is 10.6. The van der Waals surface area contributed by atoms with Crippen molar-refractivity contribution in [1.82, 2.24) is 10.2 Å². The number of likely N-dealkylation sites (tertiary alicyclic amines) is 1. The molecule has 43 heavy (non-hydrogen) atoms. The number of imide groups is 1. The highest BCUT2D eigenvalue weighted by Crippen LogP contribution is 2.52. The lowest BCUT2D eigenvalue weighted by Crippen LogP contribution is -2.57. The molecule has 2 heterocycles. The quantitative estimate of drug-likeness (QED) is 0.334. The van der Waals surface area contributed by atoms with E-state index >= 15 is 0 Å². The molecule has 2 N–H and O–H groups in total. The number of hydrogen-bond donors (Lipinski definition) is 2. The summed E-state index contributed by atoms with van der Waals surface area (Å²) in [6, 6.07) is 12.8. The maximum atomic E-state index is 13.5. The van der Waals surface area contributed by atoms with Crippen molar-refractivity contribution in [3.05, 3.63) is 48.0 Å². The first-order valence-corrected chi connectivity index (χ1v) is 13.5. The molecular weight excluding hydrogens is 573 g/mol. The largest absolute Gasteiger partial charge is 0.497 e. The maximum Gasteiger partial charge on any atom is 0.490 e. The van der Waals surface area contributed by atoms with Crippen LogP contribution in [0, 0.1) is 17.8 Å². The molecule has 0 bridgehead atoms. The third-order valence-electron chi connectivity index (χ3n) is 7.57. The Balaban J connectivity index is 0.000000646. The molecule has 0 radical (unpaired) electrons. The van der Waals surface area contributed by atoms with Crippen molar-refractivity contribution in [3.8, 4) is 22.6 Å². The average Bonchev–Trinajstić information content (AvgIpc) is 3.44. The van der Waals surface area contributed by atoms with Crippen LogP contribution in [0.1, 0.15) is 38.8 Å². The molecule has 2 saturated heterocycles. The zero-order valence-corrected chi connectivity index (χ0v) is 24.7. The average molecular weight is 609 g/mol. The molecular formula is C30H35F3N2O8. The Morgan fingerprint density at radius 2 is 1.63 bits per heavy atom. The molecule has 234 valence electrons. The number of carbonyl (C=O) groups excluding carboxylic acids is 3. The van der Waals surface area contributed by atoms with Crippen LogP contribution < -0.4 is 14.8 Å². The molecule has 2 amide bonds. The van der Waals surface area contributed by atoms with Gasteiger partial charge in [-0.05, 0) is 48.6 Å². The third-order valence-corrected chi connectivity index (χ3v) is 7.57. The van der Waals surface area contributed by atoms with Crippen molar-refractivity contribution in [2.75, 3.05) is 27.9 Å². The summed E-state index contributed by atoms with van der Waals surface area (Å²) < 4.78 is 47.9. The number of nitrogens with one attached hydrogen (secondary N) is 1. The fourth-order valence-electron chi connectivity index (χ4n) is 5.86. The van der Waals surface area contributed by atoms with E-state index in [0.717, 1.165) is 22.4 Å². The van der Waals surface area contributed by atoms with Gasteiger partial charge in [0, 0.05) is 18.2 Å². The standard InChI is InChI=1S/C28H34N2O6.C2HF3O2/c1-7-30-25(31)22-23(26(30)32)28(15-16(2)3,27(33)36-6)29-24(22)18-10-13-20(21(14-18)35-5)17-8-11-19(34-4)12-9-17;3-2(4,5)1(6)7/h8-14,16,22-24,29H,7,15H2,1-6H3;(H,6,7)/t22-,23-,24-,28-;/m1./s1. The molecule has 0 unspecified atom stereocenters. The number of carbonyl (C=O) groups is 4. The Morgan fingerprint density at radius 1 is 1.02 bits per heavy atom. The van der Waals surface area contributed by atoms with Crippen LogP contribution in [0.3, 0.4) is 0 Å². The van der Waals surface area contributed by atoms with Gasteiger partial charge in [0.1, 0.15) is 17.0 Å². The van der Waals surface area contributed by atoms with Gasteiger partial charge in [-0.1, -0.05) is 38.1 Å². The number of aliphatic carboxylic acids is 1. The number of carboxylic acid groups (broad SMARTS) is 1. The zero-order valence-electron chi connectivity index (χ0n) is 24.7. The van der Waals surface area contributed by atoms with Crippen molar-refractivity contribution in [1.29, 1.82) is 0 Å². The molecule has 2 aliphatic rings. The maximum absolute atomic E-state index is 13.5. The molecule has 0 aliphatic carbocycles. The highest BCUT2D eigenvalue weighted by molar-refractivity contribution is 6.09. The normalized spacial score (nSPS) is 23.0. The minimum absolute atomic E-state index is 0.0848. The minimum Gasteiger partial charge on any atom is -0.497 e. The molecule has 4 rings (SSSR count). The fourth-order valence-corrected chi connectivity index (χ4v) is 5.86. The molecule has 2 aromatic carbocycles. The number of amides is 2. The number of nitrogens with zero attached hydrogens (tertiary/aromatic N) is 1. The van der Waals surface area contributed by atoms with E-state index in [-0.39, 0.29) is 24.3 Å². The lowest BCUT2D eigenvalue weighted by Gasteiger charge is -2.33. The predicted molar refractivity (Wildman–Crippen MR) is 148 cm³/mol. The Labute approximate surface area is 247 Å². The first-order chi connectivity index (χ1) is 20.2. The Morgan fingerprint density at radius 3 is 2.09 bits per heavy atom. The van der Waals surface area contributed by atoms with Gasteiger partial charge < -0.3 is 19.3 Å². The van der Waals surface area contributed by atoms with Crippen LogP contribution in [-0.2, 0) is 23.9 Å². The van der Waals surface area contributed by atoms with E-state index in [0.29, 0.717) is 12.2 Å². The van der Waals surface area contributed by atoms with E-state index in [2.05, 4.69) is 5.32 Å². The first kappa shape index (κ1) is 33.4. The van der Waals surface area contributed by atoms with E-state index in [1.54, 1.807) is 21.1 Å². The number of ether oxygens (including phenoxy) is 3. The number of rotatable bonds is 8. The molecule has 2 aliphatic heterocycles. The number of hydrogen-bond acceptors (Lipinski definition) is 8. The van der Waals surface area contributed by atoms with Crippen LogP contribution in [0.25, 0.3) is 11.1 Å². The van der Waals surface area contributed by atoms with Gasteiger partial charge in [-0.3, -0.25) is 24.6 Å². The van der Waals surface area contributed by atoms with Crippen LogP contribution in [0.15, 0.2) is 42.5 Å². The molecule has 13 heteroatoms. The van der Waals surface area contributed by atoms with Gasteiger partial charge in [-0.2, -0.15) is 13.2 Å². The van der Waals surface area contributed by atoms with Gasteiger partial charge in [0.25, 0.3) is 0 Å². The number of methoxy groups -OCH3 is 3. The van der Waals surface area contributed by atoms with E-state index in [1.807, 2.05) is 56.3 Å². The van der Waals surface area contributed by atoms with E-state index in [9.17, 15) is 27.6 Å². The number of esters is 1. The van der Waals surface area contributed by atoms with Gasteiger partial charge in [-0.25, -0.2) is 4.79 Å². The van der Waals surface area contributed by atoms with Crippen LogP contribution in [0.4, 0.5) is 13.2 Å². The summed E-state index contributed by atoms with van der Waals surface area (Å²) in [7, 11) is 4.53. The summed E-state index contributed by atoms with van der Waals surface area (Å²) in [4.78, 5) is 50.3. The Bertz CT molecular complexity index is 1360. The smallest absolute Gasteiger partial charge is 0.490 e. The van der Waals surface area contributed by atoms with Crippen LogP contribution >= 0.6 is 0 Å². The highest BCUT2D eigenvalue weighted by Gasteiger charge is 2.68. The van der Waals surface area contributed by atoms with Gasteiger partial charge >= 0.3 is 18.1 Å². The summed E-state index contributed by atoms with van der Waals surface area (Å²) >= 11 is 0. The van der Waals surface area contributed by atoms with Crippen molar-refractivity contribution < 1.29 is 51.7 Å². The number of carboxylic acids is 1. The molecule has 10 nitrogen and oxygen atoms in total. The summed E-state index contributed by atoms with van der Waals surface area (Å²) in [5, 5.41) is 10.5. The monoisotopic (exact) mass is 608 g/mol. The number of benzene rings is 2. The minimum atomic E-state index is -5.08. The van der Waals surface area contributed by atoms with E-state index in [4.69, 9.17) is 24.1 Å². The summed E-state index contributed by atoms with van der Waals surface area (Å²) in [5.74, 6) is -3.95. The summed E-state index contributed by atoms with van der Waals surface area (Å²) in [6.07, 6.45) is -4.71.